The molecule has 1 aliphatic rings. The van der Waals surface area contributed by atoms with Crippen LogP contribution in [0.1, 0.15) is 54.9 Å². The van der Waals surface area contributed by atoms with Crippen molar-refractivity contribution >= 4 is 22.7 Å². The van der Waals surface area contributed by atoms with Crippen LogP contribution in [0.2, 0.25) is 0 Å². The molecule has 0 aliphatic heterocycles. The highest BCUT2D eigenvalue weighted by Gasteiger charge is 2.24. The van der Waals surface area contributed by atoms with Gasteiger partial charge >= 0.3 is 0 Å². The third kappa shape index (κ3) is 3.63. The minimum atomic E-state index is -0.359. The molecule has 2 aromatic heterocycles. The summed E-state index contributed by atoms with van der Waals surface area (Å²) in [6, 6.07) is 3.55. The molecule has 7 heteroatoms. The number of hydrogen-bond donors (Lipinski definition) is 1. The minimum Gasteiger partial charge on any atom is -0.494 e. The van der Waals surface area contributed by atoms with Gasteiger partial charge in [-0.05, 0) is 31.6 Å². The van der Waals surface area contributed by atoms with Gasteiger partial charge in [-0.3, -0.25) is 9.78 Å². The molecule has 7 nitrogen and oxygen atoms in total. The van der Waals surface area contributed by atoms with Crippen LogP contribution in [-0.2, 0) is 0 Å². The maximum atomic E-state index is 12.4. The molecule has 0 bridgehead atoms. The molecule has 1 aliphatic carbocycles. The molecule has 1 fully saturated rings. The monoisotopic (exact) mass is 366 g/mol. The third-order valence-corrected chi connectivity index (χ3v) is 5.14. The van der Waals surface area contributed by atoms with Gasteiger partial charge in [-0.15, -0.1) is 0 Å². The number of carbonyl (C=O) groups excluding carboxylic acids is 1. The van der Waals surface area contributed by atoms with Gasteiger partial charge in [-0.25, -0.2) is 9.97 Å². The number of anilines is 1. The lowest BCUT2D eigenvalue weighted by Gasteiger charge is -2.23. The summed E-state index contributed by atoms with van der Waals surface area (Å²) in [6.45, 7) is 2.29. The number of benzene rings is 1. The summed E-state index contributed by atoms with van der Waals surface area (Å²) in [5.41, 5.74) is 2.12. The first-order chi connectivity index (χ1) is 13.1. The van der Waals surface area contributed by atoms with Gasteiger partial charge in [0, 0.05) is 30.4 Å². The Hall–Kier alpha value is -2.96. The Morgan fingerprint density at radius 1 is 1.22 bits per heavy atom. The molecular weight excluding hydrogens is 344 g/mol. The van der Waals surface area contributed by atoms with E-state index in [1.807, 2.05) is 0 Å². The van der Waals surface area contributed by atoms with E-state index in [2.05, 4.69) is 27.2 Å². The smallest absolute Gasteiger partial charge is 0.275 e. The number of nitrogens with one attached hydrogen (secondary N) is 1. The number of aromatic nitrogens is 3. The summed E-state index contributed by atoms with van der Waals surface area (Å²) in [7, 11) is 1.56. The van der Waals surface area contributed by atoms with Gasteiger partial charge < -0.3 is 14.5 Å². The van der Waals surface area contributed by atoms with Crippen molar-refractivity contribution in [3.05, 3.63) is 42.3 Å². The number of fused-ring (bicyclic) bond motifs is 1. The molecule has 1 saturated carbocycles. The Balaban J connectivity index is 1.62. The fourth-order valence-electron chi connectivity index (χ4n) is 3.52. The zero-order valence-electron chi connectivity index (χ0n) is 15.4. The number of oxazole rings is 1. The quantitative estimate of drug-likeness (QED) is 0.745. The van der Waals surface area contributed by atoms with Gasteiger partial charge in [-0.2, -0.15) is 0 Å². The number of rotatable bonds is 4. The highest BCUT2D eigenvalue weighted by Crippen LogP contribution is 2.38. The standard InChI is InChI=1S/C20H22N4O3/c1-12-3-5-13(6-4-12)20-24-15-9-17(26-2)14(10-18(15)27-20)23-19(25)16-11-21-7-8-22-16/h7-13H,3-6H2,1-2H3,(H,23,25)/t12-,13-. The highest BCUT2D eigenvalue weighted by atomic mass is 16.5. The molecule has 0 atom stereocenters. The molecular formula is C20H22N4O3. The van der Waals surface area contributed by atoms with Crippen molar-refractivity contribution in [1.29, 1.82) is 0 Å². The second-order valence-electron chi connectivity index (χ2n) is 7.07. The van der Waals surface area contributed by atoms with Gasteiger partial charge in [0.2, 0.25) is 0 Å². The van der Waals surface area contributed by atoms with Gasteiger partial charge in [0.25, 0.3) is 5.91 Å². The first kappa shape index (κ1) is 17.5. The summed E-state index contributed by atoms with van der Waals surface area (Å²) < 4.78 is 11.5. The first-order valence-corrected chi connectivity index (χ1v) is 9.20. The maximum Gasteiger partial charge on any atom is 0.275 e. The van der Waals surface area contributed by atoms with E-state index in [0.29, 0.717) is 22.9 Å². The molecule has 0 spiro atoms. The number of hydrogen-bond acceptors (Lipinski definition) is 6. The Kier molecular flexibility index (Phi) is 4.75. The fraction of sp³-hybridized carbons (Fsp3) is 0.400. The lowest BCUT2D eigenvalue weighted by molar-refractivity contribution is 0.102. The molecule has 0 unspecified atom stereocenters. The molecule has 2 heterocycles. The molecule has 1 N–H and O–H groups in total. The normalized spacial score (nSPS) is 19.8. The Morgan fingerprint density at radius 2 is 2.04 bits per heavy atom. The van der Waals surface area contributed by atoms with Crippen LogP contribution in [0.3, 0.4) is 0 Å². The average molecular weight is 366 g/mol. The topological polar surface area (TPSA) is 90.1 Å². The van der Waals surface area contributed by atoms with E-state index in [1.165, 1.54) is 31.4 Å². The lowest BCUT2D eigenvalue weighted by atomic mass is 9.83. The minimum absolute atomic E-state index is 0.231. The average Bonchev–Trinajstić information content (AvgIpc) is 3.11. The van der Waals surface area contributed by atoms with E-state index >= 15 is 0 Å². The molecule has 4 rings (SSSR count). The van der Waals surface area contributed by atoms with E-state index in [0.717, 1.165) is 30.2 Å². The number of nitrogens with zero attached hydrogens (tertiary/aromatic N) is 3. The van der Waals surface area contributed by atoms with Crippen LogP contribution >= 0.6 is 0 Å². The number of amides is 1. The van der Waals surface area contributed by atoms with E-state index < -0.39 is 0 Å². The van der Waals surface area contributed by atoms with E-state index in [-0.39, 0.29) is 11.6 Å². The van der Waals surface area contributed by atoms with Crippen LogP contribution < -0.4 is 10.1 Å². The van der Waals surface area contributed by atoms with Crippen molar-refractivity contribution in [3.63, 3.8) is 0 Å². The fourth-order valence-corrected chi connectivity index (χ4v) is 3.52. The summed E-state index contributed by atoms with van der Waals surface area (Å²) in [6.07, 6.45) is 9.01. The SMILES string of the molecule is COc1cc2nc([C@H]3CC[C@H](C)CC3)oc2cc1NC(=O)c1cnccn1. The summed E-state index contributed by atoms with van der Waals surface area (Å²) in [5, 5.41) is 2.81. The Labute approximate surface area is 157 Å². The van der Waals surface area contributed by atoms with Crippen molar-refractivity contribution in [2.24, 2.45) is 5.92 Å². The van der Waals surface area contributed by atoms with Gasteiger partial charge in [0.1, 0.15) is 17.0 Å². The Morgan fingerprint density at radius 3 is 2.74 bits per heavy atom. The zero-order valence-corrected chi connectivity index (χ0v) is 15.4. The second-order valence-corrected chi connectivity index (χ2v) is 7.07. The summed E-state index contributed by atoms with van der Waals surface area (Å²) in [5.74, 6) is 2.07. The van der Waals surface area contributed by atoms with Crippen molar-refractivity contribution in [2.45, 2.75) is 38.5 Å². The summed E-state index contributed by atoms with van der Waals surface area (Å²) >= 11 is 0. The van der Waals surface area contributed by atoms with E-state index in [4.69, 9.17) is 9.15 Å². The lowest BCUT2D eigenvalue weighted by Crippen LogP contribution is -2.14. The first-order valence-electron chi connectivity index (χ1n) is 9.20. The molecule has 140 valence electrons. The number of carbonyl (C=O) groups is 1. The van der Waals surface area contributed by atoms with Crippen molar-refractivity contribution in [1.82, 2.24) is 15.0 Å². The number of ether oxygens (including phenoxy) is 1. The van der Waals surface area contributed by atoms with Crippen LogP contribution in [0.25, 0.3) is 11.1 Å². The Bertz CT molecular complexity index is 947. The maximum absolute atomic E-state index is 12.4. The second kappa shape index (κ2) is 7.34. The van der Waals surface area contributed by atoms with Crippen LogP contribution in [0.5, 0.6) is 5.75 Å². The molecule has 1 amide bonds. The van der Waals surface area contributed by atoms with Crippen molar-refractivity contribution in [3.8, 4) is 5.75 Å². The summed E-state index contributed by atoms with van der Waals surface area (Å²) in [4.78, 5) is 25.0. The van der Waals surface area contributed by atoms with E-state index in [9.17, 15) is 4.79 Å². The largest absolute Gasteiger partial charge is 0.494 e. The predicted molar refractivity (Wildman–Crippen MR) is 101 cm³/mol. The van der Waals surface area contributed by atoms with Crippen molar-refractivity contribution < 1.29 is 13.9 Å². The zero-order chi connectivity index (χ0) is 18.8. The van der Waals surface area contributed by atoms with Gasteiger partial charge in [0.15, 0.2) is 11.5 Å². The van der Waals surface area contributed by atoms with Gasteiger partial charge in [0.05, 0.1) is 19.0 Å². The van der Waals surface area contributed by atoms with Crippen LogP contribution in [0, 0.1) is 5.92 Å². The molecule has 1 aromatic carbocycles. The van der Waals surface area contributed by atoms with Crippen LogP contribution in [-0.4, -0.2) is 28.0 Å². The highest BCUT2D eigenvalue weighted by molar-refractivity contribution is 6.04. The molecule has 0 saturated heterocycles. The number of methoxy groups -OCH3 is 1. The molecule has 0 radical (unpaired) electrons. The van der Waals surface area contributed by atoms with Gasteiger partial charge in [-0.1, -0.05) is 6.92 Å². The molecule has 3 aromatic rings. The van der Waals surface area contributed by atoms with Crippen LogP contribution in [0.4, 0.5) is 5.69 Å². The van der Waals surface area contributed by atoms with Crippen molar-refractivity contribution in [2.75, 3.05) is 12.4 Å². The van der Waals surface area contributed by atoms with Crippen LogP contribution in [0.15, 0.2) is 35.1 Å². The molecule has 27 heavy (non-hydrogen) atoms. The predicted octanol–water partition coefficient (Wildman–Crippen LogP) is 4.17. The third-order valence-electron chi connectivity index (χ3n) is 5.14. The van der Waals surface area contributed by atoms with E-state index in [1.54, 1.807) is 19.2 Å².